The molecule has 1 aromatic heterocycles. The highest BCUT2D eigenvalue weighted by Crippen LogP contribution is 2.36. The van der Waals surface area contributed by atoms with Gasteiger partial charge in [0.25, 0.3) is 0 Å². The number of aromatic nitrogens is 3. The summed E-state index contributed by atoms with van der Waals surface area (Å²) in [4.78, 5) is 10.9. The minimum atomic E-state index is -0.955. The standard InChI is InChI=1S/C10H9N3O2/c14-10(15)7-2-1-3-8-9(7)11-12-13(8)6-4-5-6/h1-3,6H,4-5H2,(H,14,15). The molecular formula is C10H9N3O2. The van der Waals surface area contributed by atoms with Crippen molar-refractivity contribution in [2.45, 2.75) is 18.9 Å². The summed E-state index contributed by atoms with van der Waals surface area (Å²) in [7, 11) is 0. The Hall–Kier alpha value is -1.91. The smallest absolute Gasteiger partial charge is 0.338 e. The van der Waals surface area contributed by atoms with Crippen LogP contribution < -0.4 is 0 Å². The summed E-state index contributed by atoms with van der Waals surface area (Å²) in [5, 5.41) is 16.9. The van der Waals surface area contributed by atoms with E-state index in [4.69, 9.17) is 5.11 Å². The van der Waals surface area contributed by atoms with Crippen molar-refractivity contribution in [1.82, 2.24) is 15.0 Å². The van der Waals surface area contributed by atoms with E-state index >= 15 is 0 Å². The second-order valence-corrected chi connectivity index (χ2v) is 3.74. The fraction of sp³-hybridized carbons (Fsp3) is 0.300. The molecule has 0 radical (unpaired) electrons. The lowest BCUT2D eigenvalue weighted by Crippen LogP contribution is -1.98. The van der Waals surface area contributed by atoms with Crippen molar-refractivity contribution in [1.29, 1.82) is 0 Å². The van der Waals surface area contributed by atoms with Crippen LogP contribution >= 0.6 is 0 Å². The van der Waals surface area contributed by atoms with Gasteiger partial charge in [0.15, 0.2) is 0 Å². The number of aromatic carboxylic acids is 1. The van der Waals surface area contributed by atoms with Gasteiger partial charge in [0, 0.05) is 0 Å². The zero-order valence-corrected chi connectivity index (χ0v) is 7.92. The van der Waals surface area contributed by atoms with Crippen LogP contribution in [0.2, 0.25) is 0 Å². The zero-order valence-electron chi connectivity index (χ0n) is 7.92. The zero-order chi connectivity index (χ0) is 10.4. The van der Waals surface area contributed by atoms with E-state index in [9.17, 15) is 4.79 Å². The molecule has 0 atom stereocenters. The molecule has 1 fully saturated rings. The van der Waals surface area contributed by atoms with Crippen molar-refractivity contribution in [2.75, 3.05) is 0 Å². The van der Waals surface area contributed by atoms with Crippen LogP contribution in [-0.2, 0) is 0 Å². The molecule has 0 unspecified atom stereocenters. The van der Waals surface area contributed by atoms with Crippen LogP contribution in [0.25, 0.3) is 11.0 Å². The van der Waals surface area contributed by atoms with E-state index in [0.717, 1.165) is 18.4 Å². The third-order valence-corrected chi connectivity index (χ3v) is 2.63. The lowest BCUT2D eigenvalue weighted by Gasteiger charge is -1.98. The normalized spacial score (nSPS) is 15.7. The molecule has 1 heterocycles. The first-order valence-corrected chi connectivity index (χ1v) is 4.84. The van der Waals surface area contributed by atoms with Gasteiger partial charge in [-0.05, 0) is 25.0 Å². The molecule has 0 amide bonds. The Labute approximate surface area is 85.3 Å². The average molecular weight is 203 g/mol. The molecule has 3 rings (SSSR count). The Kier molecular flexibility index (Phi) is 1.56. The molecular weight excluding hydrogens is 194 g/mol. The van der Waals surface area contributed by atoms with E-state index in [0.29, 0.717) is 11.6 Å². The topological polar surface area (TPSA) is 68.0 Å². The van der Waals surface area contributed by atoms with Crippen LogP contribution in [0.1, 0.15) is 29.2 Å². The monoisotopic (exact) mass is 203 g/mol. The second-order valence-electron chi connectivity index (χ2n) is 3.74. The predicted molar refractivity (Wildman–Crippen MR) is 52.8 cm³/mol. The molecule has 1 aromatic carbocycles. The lowest BCUT2D eigenvalue weighted by molar-refractivity contribution is 0.0699. The summed E-state index contributed by atoms with van der Waals surface area (Å²) in [5.74, 6) is -0.955. The molecule has 0 aliphatic heterocycles. The molecule has 1 N–H and O–H groups in total. The van der Waals surface area contributed by atoms with Crippen LogP contribution in [0.4, 0.5) is 0 Å². The van der Waals surface area contributed by atoms with Gasteiger partial charge in [0.1, 0.15) is 5.52 Å². The van der Waals surface area contributed by atoms with Crippen molar-refractivity contribution in [2.24, 2.45) is 0 Å². The average Bonchev–Trinajstić information content (AvgIpc) is 2.97. The van der Waals surface area contributed by atoms with Gasteiger partial charge in [0.05, 0.1) is 17.1 Å². The summed E-state index contributed by atoms with van der Waals surface area (Å²) in [5.41, 5.74) is 1.52. The SMILES string of the molecule is O=C(O)c1cccc2c1nnn2C1CC1. The first-order valence-electron chi connectivity index (χ1n) is 4.84. The van der Waals surface area contributed by atoms with E-state index in [1.54, 1.807) is 12.1 Å². The fourth-order valence-corrected chi connectivity index (χ4v) is 1.72. The van der Waals surface area contributed by atoms with Crippen LogP contribution in [-0.4, -0.2) is 26.1 Å². The Bertz CT molecular complexity index is 543. The largest absolute Gasteiger partial charge is 0.478 e. The highest BCUT2D eigenvalue weighted by Gasteiger charge is 2.27. The molecule has 0 bridgehead atoms. The van der Waals surface area contributed by atoms with Crippen LogP contribution in [0.15, 0.2) is 18.2 Å². The number of benzene rings is 1. The highest BCUT2D eigenvalue weighted by atomic mass is 16.4. The molecule has 0 spiro atoms. The molecule has 15 heavy (non-hydrogen) atoms. The Balaban J connectivity index is 2.27. The fourth-order valence-electron chi connectivity index (χ4n) is 1.72. The van der Waals surface area contributed by atoms with Crippen LogP contribution in [0, 0.1) is 0 Å². The first-order chi connectivity index (χ1) is 7.27. The number of nitrogens with zero attached hydrogens (tertiary/aromatic N) is 3. The quantitative estimate of drug-likeness (QED) is 0.802. The molecule has 2 aromatic rings. The van der Waals surface area contributed by atoms with Gasteiger partial charge >= 0.3 is 5.97 Å². The third-order valence-electron chi connectivity index (χ3n) is 2.63. The van der Waals surface area contributed by atoms with Gasteiger partial charge < -0.3 is 5.11 Å². The maximum Gasteiger partial charge on any atom is 0.338 e. The van der Waals surface area contributed by atoms with Crippen LogP contribution in [0.5, 0.6) is 0 Å². The van der Waals surface area contributed by atoms with Crippen molar-refractivity contribution in [3.8, 4) is 0 Å². The number of rotatable bonds is 2. The van der Waals surface area contributed by atoms with Crippen molar-refractivity contribution < 1.29 is 9.90 Å². The Morgan fingerprint density at radius 3 is 2.93 bits per heavy atom. The molecule has 5 nitrogen and oxygen atoms in total. The lowest BCUT2D eigenvalue weighted by atomic mass is 10.2. The minimum Gasteiger partial charge on any atom is -0.478 e. The summed E-state index contributed by atoms with van der Waals surface area (Å²) in [6.07, 6.45) is 2.21. The first kappa shape index (κ1) is 8.40. The van der Waals surface area contributed by atoms with Gasteiger partial charge in [-0.15, -0.1) is 5.10 Å². The van der Waals surface area contributed by atoms with Gasteiger partial charge in [-0.25, -0.2) is 9.48 Å². The van der Waals surface area contributed by atoms with Crippen molar-refractivity contribution >= 4 is 17.0 Å². The number of carboxylic acids is 1. The van der Waals surface area contributed by atoms with E-state index < -0.39 is 5.97 Å². The van der Waals surface area contributed by atoms with Gasteiger partial charge in [-0.2, -0.15) is 0 Å². The maximum absolute atomic E-state index is 10.9. The Morgan fingerprint density at radius 2 is 2.27 bits per heavy atom. The minimum absolute atomic E-state index is 0.222. The molecule has 1 aliphatic rings. The summed E-state index contributed by atoms with van der Waals surface area (Å²) in [6, 6.07) is 5.56. The summed E-state index contributed by atoms with van der Waals surface area (Å²) in [6.45, 7) is 0. The van der Waals surface area contributed by atoms with Gasteiger partial charge in [0.2, 0.25) is 0 Å². The molecule has 76 valence electrons. The van der Waals surface area contributed by atoms with Crippen molar-refractivity contribution in [3.63, 3.8) is 0 Å². The summed E-state index contributed by atoms with van der Waals surface area (Å²) >= 11 is 0. The van der Waals surface area contributed by atoms with E-state index in [2.05, 4.69) is 10.3 Å². The van der Waals surface area contributed by atoms with E-state index in [1.807, 2.05) is 10.7 Å². The van der Waals surface area contributed by atoms with E-state index in [1.165, 1.54) is 0 Å². The Morgan fingerprint density at radius 1 is 1.47 bits per heavy atom. The third kappa shape index (κ3) is 1.20. The molecule has 1 saturated carbocycles. The van der Waals surface area contributed by atoms with Gasteiger partial charge in [-0.1, -0.05) is 11.3 Å². The second kappa shape index (κ2) is 2.79. The van der Waals surface area contributed by atoms with Crippen molar-refractivity contribution in [3.05, 3.63) is 23.8 Å². The highest BCUT2D eigenvalue weighted by molar-refractivity contribution is 6.00. The maximum atomic E-state index is 10.9. The van der Waals surface area contributed by atoms with Crippen LogP contribution in [0.3, 0.4) is 0 Å². The van der Waals surface area contributed by atoms with E-state index in [-0.39, 0.29) is 5.56 Å². The summed E-state index contributed by atoms with van der Waals surface area (Å²) < 4.78 is 1.82. The number of fused-ring (bicyclic) bond motifs is 1. The number of hydrogen-bond donors (Lipinski definition) is 1. The number of hydrogen-bond acceptors (Lipinski definition) is 3. The predicted octanol–water partition coefficient (Wildman–Crippen LogP) is 1.46. The van der Waals surface area contributed by atoms with Gasteiger partial charge in [-0.3, -0.25) is 0 Å². The molecule has 0 saturated heterocycles. The molecule has 5 heteroatoms. The number of carboxylic acid groups (broad SMARTS) is 1. The molecule has 1 aliphatic carbocycles. The number of carbonyl (C=O) groups is 1.